The van der Waals surface area contributed by atoms with Crippen molar-refractivity contribution in [3.05, 3.63) is 12.3 Å². The smallest absolute Gasteiger partial charge is 0.0258 e. The fourth-order valence-corrected chi connectivity index (χ4v) is 2.75. The molecule has 0 amide bonds. The minimum absolute atomic E-state index is 0. The zero-order chi connectivity index (χ0) is 13.1. The molecule has 2 heteroatoms. The van der Waals surface area contributed by atoms with Crippen LogP contribution in [0.15, 0.2) is 12.3 Å². The molecule has 1 rings (SSSR count). The number of nitrogens with one attached hydrogen (secondary N) is 1. The van der Waals surface area contributed by atoms with Crippen molar-refractivity contribution in [3.63, 3.8) is 0 Å². The highest BCUT2D eigenvalue weighted by Gasteiger charge is 2.32. The fourth-order valence-electron chi connectivity index (χ4n) is 2.75. The van der Waals surface area contributed by atoms with Gasteiger partial charge < -0.3 is 10.2 Å². The van der Waals surface area contributed by atoms with Crippen molar-refractivity contribution in [2.45, 2.75) is 65.5 Å². The van der Waals surface area contributed by atoms with E-state index in [0.717, 1.165) is 5.70 Å². The maximum atomic E-state index is 3.94. The molecule has 17 heavy (non-hydrogen) atoms. The average Bonchev–Trinajstić information content (AvgIpc) is 2.21. The highest BCUT2D eigenvalue weighted by atomic mass is 15.1. The van der Waals surface area contributed by atoms with E-state index in [-0.39, 0.29) is 1.43 Å². The topological polar surface area (TPSA) is 15.3 Å². The Morgan fingerprint density at radius 2 is 2.00 bits per heavy atom. The number of hydrogen-bond acceptors (Lipinski definition) is 2. The van der Waals surface area contributed by atoms with Crippen molar-refractivity contribution in [1.82, 2.24) is 10.2 Å². The molecule has 0 saturated heterocycles. The molecule has 1 aliphatic rings. The van der Waals surface area contributed by atoms with Crippen LogP contribution in [0.3, 0.4) is 0 Å². The summed E-state index contributed by atoms with van der Waals surface area (Å²) in [5, 5.41) is 3.49. The Hall–Kier alpha value is -0.500. The van der Waals surface area contributed by atoms with Gasteiger partial charge in [0, 0.05) is 25.8 Å². The van der Waals surface area contributed by atoms with Crippen molar-refractivity contribution in [1.29, 1.82) is 0 Å². The molecule has 1 fully saturated rings. The first-order valence-electron chi connectivity index (χ1n) is 6.95. The Morgan fingerprint density at radius 3 is 2.41 bits per heavy atom. The lowest BCUT2D eigenvalue weighted by Crippen LogP contribution is -2.42. The largest absolute Gasteiger partial charge is 0.386 e. The molecule has 0 aliphatic heterocycles. The van der Waals surface area contributed by atoms with E-state index in [4.69, 9.17) is 0 Å². The fraction of sp³-hybridized carbons (Fsp3) is 0.867. The van der Waals surface area contributed by atoms with E-state index in [1.807, 2.05) is 0 Å². The van der Waals surface area contributed by atoms with Gasteiger partial charge in [0.1, 0.15) is 0 Å². The van der Waals surface area contributed by atoms with E-state index < -0.39 is 0 Å². The highest BCUT2D eigenvalue weighted by Crippen LogP contribution is 2.36. The van der Waals surface area contributed by atoms with Gasteiger partial charge in [0.2, 0.25) is 0 Å². The summed E-state index contributed by atoms with van der Waals surface area (Å²) in [6, 6.07) is 1.31. The molecule has 0 spiro atoms. The third-order valence-electron chi connectivity index (χ3n) is 4.16. The van der Waals surface area contributed by atoms with E-state index in [1.54, 1.807) is 0 Å². The normalized spacial score (nSPS) is 29.7. The van der Waals surface area contributed by atoms with E-state index in [2.05, 4.69) is 51.5 Å². The number of hydrogen-bond donors (Lipinski definition) is 1. The molecule has 0 heterocycles. The van der Waals surface area contributed by atoms with E-state index in [0.29, 0.717) is 17.5 Å². The maximum Gasteiger partial charge on any atom is 0.0258 e. The van der Waals surface area contributed by atoms with Gasteiger partial charge in [-0.05, 0) is 58.9 Å². The summed E-state index contributed by atoms with van der Waals surface area (Å²) in [7, 11) is 2.24. The van der Waals surface area contributed by atoms with Crippen molar-refractivity contribution in [3.8, 4) is 0 Å². The molecule has 0 aromatic carbocycles. The average molecular weight is 240 g/mol. The first-order valence-corrected chi connectivity index (χ1v) is 6.95. The SMILES string of the molecule is C=C(C)NC1CCC(C)(CN(C)C(C)C)CC1.[HH]. The molecule has 0 aromatic rings. The minimum atomic E-state index is 0. The first-order chi connectivity index (χ1) is 7.82. The van der Waals surface area contributed by atoms with Crippen LogP contribution in [0.25, 0.3) is 0 Å². The van der Waals surface area contributed by atoms with Gasteiger partial charge in [-0.15, -0.1) is 0 Å². The minimum Gasteiger partial charge on any atom is -0.386 e. The van der Waals surface area contributed by atoms with Crippen LogP contribution in [0.2, 0.25) is 0 Å². The second kappa shape index (κ2) is 5.90. The van der Waals surface area contributed by atoms with Crippen molar-refractivity contribution in [2.24, 2.45) is 5.41 Å². The van der Waals surface area contributed by atoms with Gasteiger partial charge in [0.15, 0.2) is 0 Å². The van der Waals surface area contributed by atoms with Gasteiger partial charge >= 0.3 is 0 Å². The van der Waals surface area contributed by atoms with Crippen LogP contribution in [-0.4, -0.2) is 30.6 Å². The molecular formula is C15H32N2. The van der Waals surface area contributed by atoms with Gasteiger partial charge in [-0.3, -0.25) is 0 Å². The zero-order valence-electron chi connectivity index (χ0n) is 12.3. The predicted octanol–water partition coefficient (Wildman–Crippen LogP) is 3.64. The number of nitrogens with zero attached hydrogens (tertiary/aromatic N) is 1. The van der Waals surface area contributed by atoms with Crippen LogP contribution < -0.4 is 5.32 Å². The Balaban J connectivity index is 0.00000289. The number of allylic oxidation sites excluding steroid dienone is 1. The summed E-state index contributed by atoms with van der Waals surface area (Å²) in [5.41, 5.74) is 1.62. The second-order valence-electron chi connectivity index (χ2n) is 6.52. The summed E-state index contributed by atoms with van der Waals surface area (Å²) in [6.45, 7) is 14.2. The molecular weight excluding hydrogens is 208 g/mol. The molecule has 0 bridgehead atoms. The summed E-state index contributed by atoms with van der Waals surface area (Å²) < 4.78 is 0. The van der Waals surface area contributed by atoms with Crippen LogP contribution >= 0.6 is 0 Å². The van der Waals surface area contributed by atoms with E-state index in [1.165, 1.54) is 32.2 Å². The summed E-state index contributed by atoms with van der Waals surface area (Å²) in [6.07, 6.45) is 5.23. The lowest BCUT2D eigenvalue weighted by Gasteiger charge is -2.41. The molecule has 2 nitrogen and oxygen atoms in total. The van der Waals surface area contributed by atoms with Gasteiger partial charge in [-0.2, -0.15) is 0 Å². The summed E-state index contributed by atoms with van der Waals surface area (Å²) in [5.74, 6) is 0. The Labute approximate surface area is 109 Å². The third-order valence-corrected chi connectivity index (χ3v) is 4.16. The quantitative estimate of drug-likeness (QED) is 0.789. The first kappa shape index (κ1) is 14.6. The van der Waals surface area contributed by atoms with Gasteiger partial charge in [-0.1, -0.05) is 13.5 Å². The number of rotatable bonds is 5. The van der Waals surface area contributed by atoms with Crippen molar-refractivity contribution >= 4 is 0 Å². The van der Waals surface area contributed by atoms with Crippen LogP contribution in [-0.2, 0) is 0 Å². The zero-order valence-corrected chi connectivity index (χ0v) is 12.3. The van der Waals surface area contributed by atoms with Gasteiger partial charge in [0.25, 0.3) is 0 Å². The highest BCUT2D eigenvalue weighted by molar-refractivity contribution is 4.93. The molecule has 0 atom stereocenters. The van der Waals surface area contributed by atoms with Crippen LogP contribution in [0.5, 0.6) is 0 Å². The molecule has 1 saturated carbocycles. The third kappa shape index (κ3) is 4.71. The van der Waals surface area contributed by atoms with E-state index >= 15 is 0 Å². The van der Waals surface area contributed by atoms with Crippen LogP contribution in [0.4, 0.5) is 0 Å². The maximum absolute atomic E-state index is 3.94. The monoisotopic (exact) mass is 240 g/mol. The van der Waals surface area contributed by atoms with E-state index in [9.17, 15) is 0 Å². The van der Waals surface area contributed by atoms with Crippen molar-refractivity contribution < 1.29 is 1.43 Å². The molecule has 1 aliphatic carbocycles. The molecule has 0 aromatic heterocycles. The molecule has 1 N–H and O–H groups in total. The van der Waals surface area contributed by atoms with Gasteiger partial charge in [-0.25, -0.2) is 0 Å². The Kier molecular flexibility index (Phi) is 5.05. The molecule has 0 unspecified atom stereocenters. The van der Waals surface area contributed by atoms with Crippen molar-refractivity contribution in [2.75, 3.05) is 13.6 Å². The standard InChI is InChI=1S/C15H30N2.H2/c1-12(2)16-14-7-9-15(5,10-8-14)11-17(6)13(3)4;/h13-14,16H,1,7-11H2,2-6H3;1H. The van der Waals surface area contributed by atoms with Crippen LogP contribution in [0.1, 0.15) is 54.8 Å². The lowest BCUT2D eigenvalue weighted by atomic mass is 9.73. The predicted molar refractivity (Wildman–Crippen MR) is 78.2 cm³/mol. The van der Waals surface area contributed by atoms with Gasteiger partial charge in [0.05, 0.1) is 0 Å². The summed E-state index contributed by atoms with van der Waals surface area (Å²) >= 11 is 0. The molecule has 0 radical (unpaired) electrons. The lowest BCUT2D eigenvalue weighted by molar-refractivity contribution is 0.109. The Bertz CT molecular complexity index is 255. The summed E-state index contributed by atoms with van der Waals surface area (Å²) in [4.78, 5) is 2.48. The van der Waals surface area contributed by atoms with Crippen LogP contribution in [0, 0.1) is 5.41 Å². The second-order valence-corrected chi connectivity index (χ2v) is 6.52. The Morgan fingerprint density at radius 1 is 1.47 bits per heavy atom. The molecule has 102 valence electrons.